The number of amides is 2. The zero-order valence-corrected chi connectivity index (χ0v) is 14.0. The molecule has 7 nitrogen and oxygen atoms in total. The maximum absolute atomic E-state index is 12.3. The van der Waals surface area contributed by atoms with Gasteiger partial charge in [0.1, 0.15) is 0 Å². The fourth-order valence-electron chi connectivity index (χ4n) is 2.40. The van der Waals surface area contributed by atoms with E-state index in [4.69, 9.17) is 4.74 Å². The first-order chi connectivity index (χ1) is 12.6. The van der Waals surface area contributed by atoms with Crippen molar-refractivity contribution in [3.05, 3.63) is 71.9 Å². The van der Waals surface area contributed by atoms with Gasteiger partial charge in [0.2, 0.25) is 0 Å². The lowest BCUT2D eigenvalue weighted by atomic mass is 10.2. The minimum atomic E-state index is -1.08. The second-order valence-electron chi connectivity index (χ2n) is 5.60. The minimum Gasteiger partial charge on any atom is -0.449 e. The number of aromatic amines is 1. The van der Waals surface area contributed by atoms with Gasteiger partial charge in [0.05, 0.1) is 5.56 Å². The lowest BCUT2D eigenvalue weighted by molar-refractivity contribution is -0.129. The first kappa shape index (κ1) is 17.2. The summed E-state index contributed by atoms with van der Waals surface area (Å²) in [5.74, 6) is -1.73. The van der Waals surface area contributed by atoms with Gasteiger partial charge in [-0.15, -0.1) is 0 Å². The molecule has 0 unspecified atom stereocenters. The average molecular weight is 351 g/mol. The van der Waals surface area contributed by atoms with E-state index in [1.54, 1.807) is 36.4 Å². The number of fused-ring (bicyclic) bond motifs is 1. The molecule has 0 aliphatic heterocycles. The van der Waals surface area contributed by atoms with Gasteiger partial charge >= 0.3 is 5.97 Å². The summed E-state index contributed by atoms with van der Waals surface area (Å²) >= 11 is 0. The van der Waals surface area contributed by atoms with E-state index < -0.39 is 23.9 Å². The molecule has 1 atom stereocenters. The lowest BCUT2D eigenvalue weighted by Gasteiger charge is -2.13. The van der Waals surface area contributed by atoms with Crippen molar-refractivity contribution in [1.29, 1.82) is 0 Å². The minimum absolute atomic E-state index is 0.341. The number of nitrogens with one attached hydrogen (secondary N) is 3. The quantitative estimate of drug-likeness (QED) is 0.495. The zero-order chi connectivity index (χ0) is 18.5. The standard InChI is InChI=1S/C19H17N3O4/c1-12(17(23)21-22-18(24)13-7-3-2-4-8-13)26-19(25)15-11-20-16-10-6-5-9-14(15)16/h2-12,20H,1H3,(H,21,23)(H,22,24)/t12-/m1/s1. The molecular formula is C19H17N3O4. The third-order valence-electron chi connectivity index (χ3n) is 3.80. The first-order valence-corrected chi connectivity index (χ1v) is 7.98. The van der Waals surface area contributed by atoms with Gasteiger partial charge in [-0.2, -0.15) is 0 Å². The number of ether oxygens (including phenoxy) is 1. The highest BCUT2D eigenvalue weighted by atomic mass is 16.5. The number of hydrogen-bond acceptors (Lipinski definition) is 4. The number of hydrogen-bond donors (Lipinski definition) is 3. The van der Waals surface area contributed by atoms with Crippen LogP contribution in [-0.2, 0) is 9.53 Å². The molecule has 26 heavy (non-hydrogen) atoms. The van der Waals surface area contributed by atoms with Crippen LogP contribution >= 0.6 is 0 Å². The molecule has 0 fully saturated rings. The van der Waals surface area contributed by atoms with Gasteiger partial charge in [-0.25, -0.2) is 4.79 Å². The van der Waals surface area contributed by atoms with Crippen molar-refractivity contribution in [2.75, 3.05) is 0 Å². The van der Waals surface area contributed by atoms with Crippen LogP contribution in [0.5, 0.6) is 0 Å². The number of rotatable bonds is 4. The number of benzene rings is 2. The molecule has 3 N–H and O–H groups in total. The number of carbonyl (C=O) groups excluding carboxylic acids is 3. The van der Waals surface area contributed by atoms with E-state index in [0.717, 1.165) is 5.52 Å². The van der Waals surface area contributed by atoms with Crippen LogP contribution in [-0.4, -0.2) is 28.9 Å². The van der Waals surface area contributed by atoms with Crippen molar-refractivity contribution in [2.45, 2.75) is 13.0 Å². The molecule has 0 aliphatic rings. The van der Waals surface area contributed by atoms with Gasteiger partial charge in [-0.1, -0.05) is 36.4 Å². The Kier molecular flexibility index (Phi) is 4.98. The van der Waals surface area contributed by atoms with Crippen LogP contribution in [0.3, 0.4) is 0 Å². The average Bonchev–Trinajstić information content (AvgIpc) is 3.10. The molecule has 0 saturated heterocycles. The normalized spacial score (nSPS) is 11.6. The molecule has 1 heterocycles. The molecule has 0 bridgehead atoms. The molecule has 0 aliphatic carbocycles. The van der Waals surface area contributed by atoms with E-state index in [0.29, 0.717) is 16.5 Å². The van der Waals surface area contributed by atoms with Gasteiger partial charge in [0, 0.05) is 22.7 Å². The van der Waals surface area contributed by atoms with Crippen molar-refractivity contribution in [3.8, 4) is 0 Å². The Hall–Kier alpha value is -3.61. The maximum atomic E-state index is 12.3. The summed E-state index contributed by atoms with van der Waals surface area (Å²) in [5, 5.41) is 0.711. The van der Waals surface area contributed by atoms with Crippen LogP contribution in [0, 0.1) is 0 Å². The summed E-state index contributed by atoms with van der Waals surface area (Å²) in [6.07, 6.45) is 0.460. The predicted octanol–water partition coefficient (Wildman–Crippen LogP) is 2.17. The highest BCUT2D eigenvalue weighted by Crippen LogP contribution is 2.18. The summed E-state index contributed by atoms with van der Waals surface area (Å²) in [4.78, 5) is 39.2. The van der Waals surface area contributed by atoms with Crippen LogP contribution in [0.1, 0.15) is 27.6 Å². The molecule has 2 aromatic carbocycles. The number of aromatic nitrogens is 1. The van der Waals surface area contributed by atoms with Gasteiger partial charge in [-0.3, -0.25) is 20.4 Å². The SMILES string of the molecule is C[C@@H](OC(=O)c1c[nH]c2ccccc12)C(=O)NNC(=O)c1ccccc1. The fraction of sp³-hybridized carbons (Fsp3) is 0.105. The molecule has 0 spiro atoms. The van der Waals surface area contributed by atoms with E-state index in [-0.39, 0.29) is 0 Å². The number of H-pyrrole nitrogens is 1. The highest BCUT2D eigenvalue weighted by molar-refractivity contribution is 6.04. The van der Waals surface area contributed by atoms with Crippen molar-refractivity contribution < 1.29 is 19.1 Å². The summed E-state index contributed by atoms with van der Waals surface area (Å²) in [7, 11) is 0. The smallest absolute Gasteiger partial charge is 0.341 e. The van der Waals surface area contributed by atoms with E-state index in [1.165, 1.54) is 13.1 Å². The Morgan fingerprint density at radius 1 is 0.962 bits per heavy atom. The third-order valence-corrected chi connectivity index (χ3v) is 3.80. The van der Waals surface area contributed by atoms with Crippen molar-refractivity contribution in [1.82, 2.24) is 15.8 Å². The molecule has 3 rings (SSSR count). The van der Waals surface area contributed by atoms with E-state index in [2.05, 4.69) is 15.8 Å². The molecule has 1 aromatic heterocycles. The third kappa shape index (κ3) is 3.72. The largest absolute Gasteiger partial charge is 0.449 e. The van der Waals surface area contributed by atoms with Gasteiger partial charge in [-0.05, 0) is 25.1 Å². The summed E-state index contributed by atoms with van der Waals surface area (Å²) in [6.45, 7) is 1.43. The van der Waals surface area contributed by atoms with Crippen LogP contribution in [0.2, 0.25) is 0 Å². The zero-order valence-electron chi connectivity index (χ0n) is 14.0. The molecular weight excluding hydrogens is 334 g/mol. The Labute approximate surface area is 149 Å². The fourth-order valence-corrected chi connectivity index (χ4v) is 2.40. The topological polar surface area (TPSA) is 100 Å². The van der Waals surface area contributed by atoms with Crippen LogP contribution in [0.15, 0.2) is 60.8 Å². The number of carbonyl (C=O) groups is 3. The van der Waals surface area contributed by atoms with Crippen LogP contribution in [0.4, 0.5) is 0 Å². The maximum Gasteiger partial charge on any atom is 0.341 e. The van der Waals surface area contributed by atoms with Gasteiger partial charge in [0.15, 0.2) is 6.10 Å². The summed E-state index contributed by atoms with van der Waals surface area (Å²) in [5.41, 5.74) is 6.06. The molecule has 0 saturated carbocycles. The molecule has 2 amide bonds. The number of para-hydroxylation sites is 1. The van der Waals surface area contributed by atoms with E-state index in [1.807, 2.05) is 18.2 Å². The van der Waals surface area contributed by atoms with E-state index >= 15 is 0 Å². The van der Waals surface area contributed by atoms with Gasteiger partial charge in [0.25, 0.3) is 11.8 Å². The Bertz CT molecular complexity index is 950. The molecule has 3 aromatic rings. The van der Waals surface area contributed by atoms with E-state index in [9.17, 15) is 14.4 Å². The van der Waals surface area contributed by atoms with Crippen LogP contribution < -0.4 is 10.9 Å². The second-order valence-corrected chi connectivity index (χ2v) is 5.60. The monoisotopic (exact) mass is 351 g/mol. The summed E-state index contributed by atoms with van der Waals surface area (Å²) < 4.78 is 5.18. The lowest BCUT2D eigenvalue weighted by Crippen LogP contribution is -2.46. The van der Waals surface area contributed by atoms with Crippen molar-refractivity contribution in [2.24, 2.45) is 0 Å². The molecule has 7 heteroatoms. The second kappa shape index (κ2) is 7.52. The van der Waals surface area contributed by atoms with Crippen LogP contribution in [0.25, 0.3) is 10.9 Å². The number of hydrazine groups is 1. The summed E-state index contributed by atoms with van der Waals surface area (Å²) in [6, 6.07) is 15.7. The highest BCUT2D eigenvalue weighted by Gasteiger charge is 2.21. The Balaban J connectivity index is 1.57. The number of esters is 1. The first-order valence-electron chi connectivity index (χ1n) is 7.98. The van der Waals surface area contributed by atoms with Crippen molar-refractivity contribution >= 4 is 28.7 Å². The van der Waals surface area contributed by atoms with Crippen molar-refractivity contribution in [3.63, 3.8) is 0 Å². The predicted molar refractivity (Wildman–Crippen MR) is 95.2 cm³/mol. The Morgan fingerprint density at radius 3 is 2.42 bits per heavy atom. The van der Waals surface area contributed by atoms with Gasteiger partial charge < -0.3 is 9.72 Å². The Morgan fingerprint density at radius 2 is 1.65 bits per heavy atom. The molecule has 132 valence electrons. The molecule has 0 radical (unpaired) electrons.